The van der Waals surface area contributed by atoms with Crippen LogP contribution < -0.4 is 0 Å². The molecule has 0 spiro atoms. The SMILES string of the molecule is O=Cc1c(F)ncc(O)c1C(F)F. The summed E-state index contributed by atoms with van der Waals surface area (Å²) >= 11 is 0. The highest BCUT2D eigenvalue weighted by Crippen LogP contribution is 2.30. The minimum Gasteiger partial charge on any atom is -0.506 e. The third-order valence-corrected chi connectivity index (χ3v) is 1.42. The van der Waals surface area contributed by atoms with E-state index in [9.17, 15) is 18.0 Å². The van der Waals surface area contributed by atoms with Gasteiger partial charge in [0.05, 0.1) is 17.3 Å². The Morgan fingerprint density at radius 1 is 1.54 bits per heavy atom. The number of carbonyl (C=O) groups is 1. The minimum atomic E-state index is -3.11. The Kier molecular flexibility index (Phi) is 2.50. The van der Waals surface area contributed by atoms with Crippen LogP contribution in [0.5, 0.6) is 5.75 Å². The van der Waals surface area contributed by atoms with Crippen molar-refractivity contribution in [2.75, 3.05) is 0 Å². The lowest BCUT2D eigenvalue weighted by Gasteiger charge is -2.05. The minimum absolute atomic E-state index is 0.108. The number of nitrogens with zero attached hydrogens (tertiary/aromatic N) is 1. The van der Waals surface area contributed by atoms with Crippen LogP contribution in [0.1, 0.15) is 22.3 Å². The van der Waals surface area contributed by atoms with Gasteiger partial charge in [-0.05, 0) is 0 Å². The van der Waals surface area contributed by atoms with E-state index >= 15 is 0 Å². The van der Waals surface area contributed by atoms with Gasteiger partial charge in [0.1, 0.15) is 5.75 Å². The first-order chi connectivity index (χ1) is 6.07. The number of pyridine rings is 1. The van der Waals surface area contributed by atoms with E-state index in [0.717, 1.165) is 0 Å². The molecule has 0 atom stereocenters. The van der Waals surface area contributed by atoms with Crippen molar-refractivity contribution in [3.05, 3.63) is 23.3 Å². The summed E-state index contributed by atoms with van der Waals surface area (Å²) in [4.78, 5) is 13.1. The number of aldehydes is 1. The third kappa shape index (κ3) is 1.61. The Labute approximate surface area is 70.8 Å². The smallest absolute Gasteiger partial charge is 0.268 e. The normalized spacial score (nSPS) is 10.5. The zero-order valence-electron chi connectivity index (χ0n) is 6.17. The fourth-order valence-electron chi connectivity index (χ4n) is 0.847. The molecule has 3 nitrogen and oxygen atoms in total. The molecule has 0 aliphatic rings. The summed E-state index contributed by atoms with van der Waals surface area (Å²) in [5.74, 6) is -2.21. The summed E-state index contributed by atoms with van der Waals surface area (Å²) < 4.78 is 36.9. The van der Waals surface area contributed by atoms with E-state index in [-0.39, 0.29) is 6.29 Å². The zero-order chi connectivity index (χ0) is 10.0. The number of aromatic nitrogens is 1. The quantitative estimate of drug-likeness (QED) is 0.571. The van der Waals surface area contributed by atoms with Crippen LogP contribution >= 0.6 is 0 Å². The molecule has 0 saturated heterocycles. The van der Waals surface area contributed by atoms with Crippen molar-refractivity contribution in [1.29, 1.82) is 0 Å². The first-order valence-corrected chi connectivity index (χ1v) is 3.18. The standard InChI is InChI=1S/C7H4F3NO2/c8-6(9)5-3(2-12)7(10)11-1-4(5)13/h1-2,6,13H. The van der Waals surface area contributed by atoms with Gasteiger partial charge in [0.2, 0.25) is 5.95 Å². The number of hydrogen-bond acceptors (Lipinski definition) is 3. The van der Waals surface area contributed by atoms with E-state index in [1.54, 1.807) is 0 Å². The van der Waals surface area contributed by atoms with Gasteiger partial charge in [-0.2, -0.15) is 4.39 Å². The second-order valence-corrected chi connectivity index (χ2v) is 2.18. The largest absolute Gasteiger partial charge is 0.506 e. The van der Waals surface area contributed by atoms with Gasteiger partial charge >= 0.3 is 0 Å². The maximum absolute atomic E-state index is 12.6. The van der Waals surface area contributed by atoms with Crippen LogP contribution in [0.25, 0.3) is 0 Å². The lowest BCUT2D eigenvalue weighted by molar-refractivity contribution is 0.109. The summed E-state index contributed by atoms with van der Waals surface area (Å²) in [5, 5.41) is 8.85. The molecule has 70 valence electrons. The van der Waals surface area contributed by atoms with Crippen LogP contribution in [0.3, 0.4) is 0 Å². The van der Waals surface area contributed by atoms with Crippen LogP contribution in [0.4, 0.5) is 13.2 Å². The Bertz CT molecular complexity index is 341. The summed E-state index contributed by atoms with van der Waals surface area (Å²) in [6.07, 6.45) is -2.69. The molecule has 1 heterocycles. The fraction of sp³-hybridized carbons (Fsp3) is 0.143. The summed E-state index contributed by atoms with van der Waals surface area (Å²) in [6, 6.07) is 0. The molecule has 0 radical (unpaired) electrons. The molecule has 0 aliphatic heterocycles. The molecular formula is C7H4F3NO2. The van der Waals surface area contributed by atoms with Crippen LogP contribution in [-0.2, 0) is 0 Å². The molecule has 0 bridgehead atoms. The van der Waals surface area contributed by atoms with Crippen molar-refractivity contribution in [3.8, 4) is 5.75 Å². The highest BCUT2D eigenvalue weighted by atomic mass is 19.3. The first kappa shape index (κ1) is 9.50. The molecule has 0 fully saturated rings. The topological polar surface area (TPSA) is 50.2 Å². The molecule has 1 rings (SSSR count). The molecule has 0 aromatic carbocycles. The highest BCUT2D eigenvalue weighted by molar-refractivity contribution is 5.78. The van der Waals surface area contributed by atoms with E-state index in [2.05, 4.69) is 4.98 Å². The molecule has 0 unspecified atom stereocenters. The molecule has 1 aromatic heterocycles. The monoisotopic (exact) mass is 191 g/mol. The van der Waals surface area contributed by atoms with Gasteiger partial charge in [-0.1, -0.05) is 0 Å². The third-order valence-electron chi connectivity index (χ3n) is 1.42. The van der Waals surface area contributed by atoms with E-state index in [0.29, 0.717) is 6.20 Å². The van der Waals surface area contributed by atoms with Gasteiger partial charge in [0.25, 0.3) is 6.43 Å². The number of halogens is 3. The molecule has 6 heteroatoms. The lowest BCUT2D eigenvalue weighted by atomic mass is 10.1. The van der Waals surface area contributed by atoms with Crippen molar-refractivity contribution in [3.63, 3.8) is 0 Å². The number of alkyl halides is 2. The summed E-state index contributed by atoms with van der Waals surface area (Å²) in [5.41, 5.74) is -1.93. The average molecular weight is 191 g/mol. The fourth-order valence-corrected chi connectivity index (χ4v) is 0.847. The van der Waals surface area contributed by atoms with Crippen molar-refractivity contribution < 1.29 is 23.1 Å². The Morgan fingerprint density at radius 2 is 2.15 bits per heavy atom. The molecule has 0 aliphatic carbocycles. The van der Waals surface area contributed by atoms with Crippen LogP contribution in [0, 0.1) is 5.95 Å². The number of carbonyl (C=O) groups excluding carboxylic acids is 1. The average Bonchev–Trinajstić information content (AvgIpc) is 2.07. The molecule has 0 saturated carbocycles. The van der Waals surface area contributed by atoms with E-state index in [1.807, 2.05) is 0 Å². The Hall–Kier alpha value is -1.59. The number of rotatable bonds is 2. The van der Waals surface area contributed by atoms with Crippen molar-refractivity contribution in [2.45, 2.75) is 6.43 Å². The first-order valence-electron chi connectivity index (χ1n) is 3.18. The van der Waals surface area contributed by atoms with Gasteiger partial charge in [0, 0.05) is 0 Å². The van der Waals surface area contributed by atoms with Crippen molar-refractivity contribution in [2.24, 2.45) is 0 Å². The molecule has 1 N–H and O–H groups in total. The van der Waals surface area contributed by atoms with Gasteiger partial charge in [-0.25, -0.2) is 13.8 Å². The predicted molar refractivity (Wildman–Crippen MR) is 36.2 cm³/mol. The molecule has 1 aromatic rings. The lowest BCUT2D eigenvalue weighted by Crippen LogP contribution is -2.00. The predicted octanol–water partition coefficient (Wildman–Crippen LogP) is 1.68. The van der Waals surface area contributed by atoms with E-state index < -0.39 is 29.2 Å². The Morgan fingerprint density at radius 3 is 2.54 bits per heavy atom. The molecular weight excluding hydrogens is 187 g/mol. The summed E-state index contributed by atoms with van der Waals surface area (Å²) in [7, 11) is 0. The van der Waals surface area contributed by atoms with E-state index in [1.165, 1.54) is 0 Å². The second-order valence-electron chi connectivity index (χ2n) is 2.18. The van der Waals surface area contributed by atoms with Crippen molar-refractivity contribution >= 4 is 6.29 Å². The number of hydrogen-bond donors (Lipinski definition) is 1. The summed E-state index contributed by atoms with van der Waals surface area (Å²) in [6.45, 7) is 0. The molecule has 0 amide bonds. The second kappa shape index (κ2) is 3.42. The van der Waals surface area contributed by atoms with Crippen molar-refractivity contribution in [1.82, 2.24) is 4.98 Å². The van der Waals surface area contributed by atoms with Crippen LogP contribution in [0.15, 0.2) is 6.20 Å². The number of aromatic hydroxyl groups is 1. The Balaban J connectivity index is 3.43. The maximum Gasteiger partial charge on any atom is 0.268 e. The van der Waals surface area contributed by atoms with Gasteiger partial charge in [0.15, 0.2) is 6.29 Å². The van der Waals surface area contributed by atoms with Gasteiger partial charge in [-0.15, -0.1) is 0 Å². The van der Waals surface area contributed by atoms with Gasteiger partial charge < -0.3 is 5.11 Å². The highest BCUT2D eigenvalue weighted by Gasteiger charge is 2.21. The van der Waals surface area contributed by atoms with E-state index in [4.69, 9.17) is 5.11 Å². The van der Waals surface area contributed by atoms with Crippen LogP contribution in [-0.4, -0.2) is 16.4 Å². The van der Waals surface area contributed by atoms with Crippen LogP contribution in [0.2, 0.25) is 0 Å². The zero-order valence-corrected chi connectivity index (χ0v) is 6.17. The van der Waals surface area contributed by atoms with Gasteiger partial charge in [-0.3, -0.25) is 4.79 Å². The molecule has 13 heavy (non-hydrogen) atoms. The maximum atomic E-state index is 12.6.